The molecule has 2 saturated heterocycles. The van der Waals surface area contributed by atoms with Gasteiger partial charge in [-0.05, 0) is 67.3 Å². The average Bonchev–Trinajstić information content (AvgIpc) is 2.57. The van der Waals surface area contributed by atoms with Gasteiger partial charge in [0.15, 0.2) is 11.5 Å². The molecule has 0 bridgehead atoms. The summed E-state index contributed by atoms with van der Waals surface area (Å²) < 4.78 is 11.7. The van der Waals surface area contributed by atoms with Gasteiger partial charge in [0.1, 0.15) is 6.10 Å². The summed E-state index contributed by atoms with van der Waals surface area (Å²) in [5.41, 5.74) is 1.37. The van der Waals surface area contributed by atoms with Gasteiger partial charge in [-0.1, -0.05) is 6.07 Å². The molecule has 0 radical (unpaired) electrons. The number of ether oxygens (including phenoxy) is 2. The molecular weight excluding hydrogens is 282 g/mol. The van der Waals surface area contributed by atoms with E-state index >= 15 is 0 Å². The number of thioether (sulfide) groups is 1. The van der Waals surface area contributed by atoms with Gasteiger partial charge < -0.3 is 14.8 Å². The molecule has 2 heterocycles. The van der Waals surface area contributed by atoms with E-state index in [0.717, 1.165) is 37.4 Å². The molecule has 3 rings (SSSR count). The van der Waals surface area contributed by atoms with Crippen LogP contribution in [-0.4, -0.2) is 37.8 Å². The highest BCUT2D eigenvalue weighted by Gasteiger charge is 2.20. The SMILES string of the molecule is COc1cc(C2CCCNC2)ccc1OC1CCSCC1. The lowest BCUT2D eigenvalue weighted by molar-refractivity contribution is 0.184. The van der Waals surface area contributed by atoms with E-state index < -0.39 is 0 Å². The van der Waals surface area contributed by atoms with Crippen LogP contribution in [0.1, 0.15) is 37.2 Å². The third kappa shape index (κ3) is 3.86. The van der Waals surface area contributed by atoms with Crippen molar-refractivity contribution in [2.24, 2.45) is 0 Å². The summed E-state index contributed by atoms with van der Waals surface area (Å²) in [4.78, 5) is 0. The molecule has 3 nitrogen and oxygen atoms in total. The average molecular weight is 307 g/mol. The zero-order valence-corrected chi connectivity index (χ0v) is 13.6. The Morgan fingerprint density at radius 1 is 1.14 bits per heavy atom. The van der Waals surface area contributed by atoms with Crippen molar-refractivity contribution < 1.29 is 9.47 Å². The predicted octanol–water partition coefficient (Wildman–Crippen LogP) is 3.44. The Kier molecular flexibility index (Phi) is 5.31. The fourth-order valence-electron chi connectivity index (χ4n) is 3.15. The molecule has 1 atom stereocenters. The van der Waals surface area contributed by atoms with Crippen LogP contribution in [-0.2, 0) is 0 Å². The van der Waals surface area contributed by atoms with Gasteiger partial charge in [-0.2, -0.15) is 11.8 Å². The van der Waals surface area contributed by atoms with Crippen molar-refractivity contribution in [3.05, 3.63) is 23.8 Å². The molecule has 2 aliphatic heterocycles. The number of rotatable bonds is 4. The Labute approximate surface area is 131 Å². The number of piperidine rings is 1. The molecule has 1 aromatic carbocycles. The molecule has 116 valence electrons. The van der Waals surface area contributed by atoms with E-state index in [9.17, 15) is 0 Å². The summed E-state index contributed by atoms with van der Waals surface area (Å²) in [7, 11) is 1.74. The molecule has 0 aromatic heterocycles. The van der Waals surface area contributed by atoms with E-state index in [4.69, 9.17) is 9.47 Å². The van der Waals surface area contributed by atoms with Crippen molar-refractivity contribution >= 4 is 11.8 Å². The van der Waals surface area contributed by atoms with Crippen LogP contribution in [0.3, 0.4) is 0 Å². The van der Waals surface area contributed by atoms with Gasteiger partial charge in [0, 0.05) is 6.54 Å². The third-order valence-electron chi connectivity index (χ3n) is 4.42. The first-order valence-corrected chi connectivity index (χ1v) is 9.15. The lowest BCUT2D eigenvalue weighted by atomic mass is 9.91. The van der Waals surface area contributed by atoms with Crippen LogP contribution in [0.2, 0.25) is 0 Å². The number of benzene rings is 1. The normalized spacial score (nSPS) is 23.8. The molecular formula is C17H25NO2S. The fourth-order valence-corrected chi connectivity index (χ4v) is 4.21. The monoisotopic (exact) mass is 307 g/mol. The van der Waals surface area contributed by atoms with Crippen molar-refractivity contribution in [1.82, 2.24) is 5.32 Å². The van der Waals surface area contributed by atoms with E-state index in [-0.39, 0.29) is 0 Å². The molecule has 1 unspecified atom stereocenters. The van der Waals surface area contributed by atoms with Gasteiger partial charge in [-0.15, -0.1) is 0 Å². The molecule has 0 saturated carbocycles. The zero-order chi connectivity index (χ0) is 14.5. The second-order valence-corrected chi connectivity index (χ2v) is 7.11. The Morgan fingerprint density at radius 3 is 2.71 bits per heavy atom. The molecule has 2 aliphatic rings. The minimum absolute atomic E-state index is 0.349. The molecule has 0 spiro atoms. The van der Waals surface area contributed by atoms with Gasteiger partial charge in [-0.3, -0.25) is 0 Å². The Morgan fingerprint density at radius 2 is 2.00 bits per heavy atom. The van der Waals surface area contributed by atoms with Crippen molar-refractivity contribution in [1.29, 1.82) is 0 Å². The van der Waals surface area contributed by atoms with Crippen molar-refractivity contribution in [2.45, 2.75) is 37.7 Å². The van der Waals surface area contributed by atoms with Crippen LogP contribution in [0, 0.1) is 0 Å². The minimum Gasteiger partial charge on any atom is -0.493 e. The van der Waals surface area contributed by atoms with Crippen LogP contribution in [0.15, 0.2) is 18.2 Å². The maximum absolute atomic E-state index is 6.17. The Hall–Kier alpha value is -0.870. The first-order valence-electron chi connectivity index (χ1n) is 8.00. The summed E-state index contributed by atoms with van der Waals surface area (Å²) in [5, 5.41) is 3.48. The van der Waals surface area contributed by atoms with Crippen molar-refractivity contribution in [3.63, 3.8) is 0 Å². The van der Waals surface area contributed by atoms with Crippen LogP contribution in [0.25, 0.3) is 0 Å². The summed E-state index contributed by atoms with van der Waals surface area (Å²) in [6.07, 6.45) is 5.15. The lowest BCUT2D eigenvalue weighted by Gasteiger charge is -2.26. The number of methoxy groups -OCH3 is 1. The number of hydrogen-bond donors (Lipinski definition) is 1. The summed E-state index contributed by atoms with van der Waals surface area (Å²) in [6, 6.07) is 6.49. The molecule has 1 aromatic rings. The van der Waals surface area contributed by atoms with Crippen LogP contribution in [0.4, 0.5) is 0 Å². The molecule has 0 aliphatic carbocycles. The lowest BCUT2D eigenvalue weighted by Crippen LogP contribution is -2.28. The summed E-state index contributed by atoms with van der Waals surface area (Å²) in [5.74, 6) is 4.81. The highest BCUT2D eigenvalue weighted by Crippen LogP contribution is 2.34. The standard InChI is InChI=1S/C17H25NO2S/c1-19-17-11-13(14-3-2-8-18-12-14)4-5-16(17)20-15-6-9-21-10-7-15/h4-5,11,14-15,18H,2-3,6-10,12H2,1H3. The first kappa shape index (κ1) is 15.0. The third-order valence-corrected chi connectivity index (χ3v) is 5.47. The fraction of sp³-hybridized carbons (Fsp3) is 0.647. The minimum atomic E-state index is 0.349. The number of nitrogens with one attached hydrogen (secondary N) is 1. The van der Waals surface area contributed by atoms with E-state index in [0.29, 0.717) is 12.0 Å². The van der Waals surface area contributed by atoms with E-state index in [1.807, 2.05) is 11.8 Å². The van der Waals surface area contributed by atoms with Crippen molar-refractivity contribution in [3.8, 4) is 11.5 Å². The van der Waals surface area contributed by atoms with Crippen LogP contribution < -0.4 is 14.8 Å². The second kappa shape index (κ2) is 7.41. The highest BCUT2D eigenvalue weighted by atomic mass is 32.2. The van der Waals surface area contributed by atoms with Gasteiger partial charge in [0.2, 0.25) is 0 Å². The zero-order valence-electron chi connectivity index (χ0n) is 12.8. The molecule has 2 fully saturated rings. The van der Waals surface area contributed by atoms with Gasteiger partial charge >= 0.3 is 0 Å². The van der Waals surface area contributed by atoms with Crippen LogP contribution in [0.5, 0.6) is 11.5 Å². The van der Waals surface area contributed by atoms with Crippen molar-refractivity contribution in [2.75, 3.05) is 31.7 Å². The quantitative estimate of drug-likeness (QED) is 0.923. The number of hydrogen-bond acceptors (Lipinski definition) is 4. The maximum atomic E-state index is 6.17. The van der Waals surface area contributed by atoms with E-state index in [1.165, 1.54) is 29.9 Å². The van der Waals surface area contributed by atoms with Gasteiger partial charge in [0.05, 0.1) is 7.11 Å². The topological polar surface area (TPSA) is 30.5 Å². The highest BCUT2D eigenvalue weighted by molar-refractivity contribution is 7.99. The smallest absolute Gasteiger partial charge is 0.161 e. The Bertz CT molecular complexity index is 454. The van der Waals surface area contributed by atoms with Gasteiger partial charge in [0.25, 0.3) is 0 Å². The molecule has 0 amide bonds. The first-order chi connectivity index (χ1) is 10.4. The summed E-state index contributed by atoms with van der Waals surface area (Å²) >= 11 is 2.02. The second-order valence-electron chi connectivity index (χ2n) is 5.88. The molecule has 1 N–H and O–H groups in total. The van der Waals surface area contributed by atoms with Crippen LogP contribution >= 0.6 is 11.8 Å². The Balaban J connectivity index is 1.71. The van der Waals surface area contributed by atoms with E-state index in [1.54, 1.807) is 7.11 Å². The maximum Gasteiger partial charge on any atom is 0.161 e. The molecule has 21 heavy (non-hydrogen) atoms. The largest absolute Gasteiger partial charge is 0.493 e. The van der Waals surface area contributed by atoms with Gasteiger partial charge in [-0.25, -0.2) is 0 Å². The predicted molar refractivity (Wildman–Crippen MR) is 88.8 cm³/mol. The molecule has 4 heteroatoms. The summed E-state index contributed by atoms with van der Waals surface area (Å²) in [6.45, 7) is 2.22. The van der Waals surface area contributed by atoms with E-state index in [2.05, 4.69) is 23.5 Å².